The van der Waals surface area contributed by atoms with Crippen LogP contribution in [0.2, 0.25) is 0 Å². The van der Waals surface area contributed by atoms with Gasteiger partial charge in [0.15, 0.2) is 5.96 Å². The molecule has 1 aromatic heterocycles. The number of nitrogens with one attached hydrogen (secondary N) is 2. The first-order chi connectivity index (χ1) is 13.3. The van der Waals surface area contributed by atoms with Crippen molar-refractivity contribution in [1.29, 1.82) is 0 Å². The maximum absolute atomic E-state index is 4.39. The largest absolute Gasteiger partial charge is 0.355 e. The van der Waals surface area contributed by atoms with E-state index in [1.165, 1.54) is 58.0 Å². The number of rotatable bonds is 8. The number of aryl methyl sites for hydroxylation is 1. The van der Waals surface area contributed by atoms with Crippen molar-refractivity contribution < 1.29 is 0 Å². The first kappa shape index (κ1) is 23.4. The number of guanidine groups is 1. The van der Waals surface area contributed by atoms with E-state index in [0.29, 0.717) is 6.04 Å². The molecule has 1 atom stereocenters. The summed E-state index contributed by atoms with van der Waals surface area (Å²) in [5, 5.41) is 15.1. The van der Waals surface area contributed by atoms with Gasteiger partial charge in [-0.05, 0) is 38.1 Å². The second-order valence-corrected chi connectivity index (χ2v) is 7.97. The van der Waals surface area contributed by atoms with Crippen molar-refractivity contribution in [3.8, 4) is 0 Å². The van der Waals surface area contributed by atoms with E-state index < -0.39 is 0 Å². The van der Waals surface area contributed by atoms with Gasteiger partial charge in [0.2, 0.25) is 0 Å². The van der Waals surface area contributed by atoms with Gasteiger partial charge in [-0.15, -0.1) is 34.2 Å². The average molecular weight is 503 g/mol. The van der Waals surface area contributed by atoms with Crippen molar-refractivity contribution >= 4 is 29.9 Å². The lowest BCUT2D eigenvalue weighted by atomic mass is 9.89. The molecule has 0 amide bonds. The van der Waals surface area contributed by atoms with Crippen LogP contribution in [0.5, 0.6) is 0 Å². The number of hydrogen-bond acceptors (Lipinski definition) is 4. The van der Waals surface area contributed by atoms with Crippen molar-refractivity contribution in [1.82, 2.24) is 30.3 Å². The van der Waals surface area contributed by atoms with Gasteiger partial charge in [-0.3, -0.25) is 9.89 Å². The van der Waals surface area contributed by atoms with Gasteiger partial charge >= 0.3 is 0 Å². The van der Waals surface area contributed by atoms with E-state index in [-0.39, 0.29) is 24.0 Å². The lowest BCUT2D eigenvalue weighted by Crippen LogP contribution is -2.46. The van der Waals surface area contributed by atoms with Crippen molar-refractivity contribution in [3.63, 3.8) is 0 Å². The molecule has 160 valence electrons. The molecule has 0 aromatic carbocycles. The Balaban J connectivity index is 0.00000280. The Morgan fingerprint density at radius 3 is 2.75 bits per heavy atom. The second kappa shape index (κ2) is 12.6. The van der Waals surface area contributed by atoms with Crippen LogP contribution in [0, 0.1) is 5.92 Å². The quantitative estimate of drug-likeness (QED) is 0.325. The SMILES string of the molecule is CCc1nncn1CCNC(=NC)NCC1CCCN1CC1CCCCC1.I. The van der Waals surface area contributed by atoms with E-state index in [4.69, 9.17) is 0 Å². The van der Waals surface area contributed by atoms with Gasteiger partial charge in [-0.25, -0.2) is 0 Å². The first-order valence-corrected chi connectivity index (χ1v) is 10.9. The smallest absolute Gasteiger partial charge is 0.191 e. The Morgan fingerprint density at radius 1 is 1.18 bits per heavy atom. The standard InChI is InChI=1S/C20H37N7.HI/c1-3-19-25-24-16-27(19)13-11-22-20(21-2)23-14-18-10-7-12-26(18)15-17-8-5-4-6-9-17;/h16-18H,3-15H2,1-2H3,(H2,21,22,23);1H. The number of hydrogen-bond donors (Lipinski definition) is 2. The van der Waals surface area contributed by atoms with Crippen LogP contribution in [-0.4, -0.2) is 64.9 Å². The molecule has 2 N–H and O–H groups in total. The van der Waals surface area contributed by atoms with Crippen LogP contribution < -0.4 is 10.6 Å². The number of likely N-dealkylation sites (tertiary alicyclic amines) is 1. The third kappa shape index (κ3) is 6.86. The van der Waals surface area contributed by atoms with E-state index in [2.05, 4.69) is 42.2 Å². The Morgan fingerprint density at radius 2 is 2.00 bits per heavy atom. The summed E-state index contributed by atoms with van der Waals surface area (Å²) < 4.78 is 2.10. The molecule has 7 nitrogen and oxygen atoms in total. The second-order valence-electron chi connectivity index (χ2n) is 7.97. The maximum atomic E-state index is 4.39. The fourth-order valence-electron chi connectivity index (χ4n) is 4.54. The van der Waals surface area contributed by atoms with E-state index in [9.17, 15) is 0 Å². The highest BCUT2D eigenvalue weighted by Crippen LogP contribution is 2.27. The molecular weight excluding hydrogens is 465 g/mol. The molecule has 8 heteroatoms. The highest BCUT2D eigenvalue weighted by molar-refractivity contribution is 14.0. The lowest BCUT2D eigenvalue weighted by Gasteiger charge is -2.31. The van der Waals surface area contributed by atoms with Gasteiger partial charge in [0.25, 0.3) is 0 Å². The molecule has 2 aliphatic rings. The van der Waals surface area contributed by atoms with E-state index in [0.717, 1.165) is 43.8 Å². The molecule has 1 aromatic rings. The number of nitrogens with zero attached hydrogens (tertiary/aromatic N) is 5. The molecule has 1 saturated carbocycles. The summed E-state index contributed by atoms with van der Waals surface area (Å²) in [4.78, 5) is 7.11. The van der Waals surface area contributed by atoms with E-state index >= 15 is 0 Å². The zero-order chi connectivity index (χ0) is 18.9. The topological polar surface area (TPSA) is 70.4 Å². The summed E-state index contributed by atoms with van der Waals surface area (Å²) in [6.45, 7) is 7.33. The molecule has 1 saturated heterocycles. The number of aromatic nitrogens is 3. The fourth-order valence-corrected chi connectivity index (χ4v) is 4.54. The monoisotopic (exact) mass is 503 g/mol. The Bertz CT molecular complexity index is 583. The maximum Gasteiger partial charge on any atom is 0.191 e. The Labute approximate surface area is 187 Å². The van der Waals surface area contributed by atoms with E-state index in [1.807, 2.05) is 7.05 Å². The van der Waals surface area contributed by atoms with Crippen molar-refractivity contribution in [2.75, 3.05) is 33.2 Å². The van der Waals surface area contributed by atoms with Crippen molar-refractivity contribution in [2.45, 2.75) is 70.9 Å². The summed E-state index contributed by atoms with van der Waals surface area (Å²) in [5.41, 5.74) is 0. The molecule has 3 rings (SSSR count). The van der Waals surface area contributed by atoms with Crippen LogP contribution in [0.15, 0.2) is 11.3 Å². The van der Waals surface area contributed by atoms with Gasteiger partial charge in [0.05, 0.1) is 0 Å². The summed E-state index contributed by atoms with van der Waals surface area (Å²) in [7, 11) is 1.85. The van der Waals surface area contributed by atoms with Gasteiger partial charge in [-0.1, -0.05) is 26.2 Å². The molecule has 1 aliphatic carbocycles. The molecule has 0 spiro atoms. The van der Waals surface area contributed by atoms with Crippen LogP contribution in [0.3, 0.4) is 0 Å². The minimum Gasteiger partial charge on any atom is -0.355 e. The van der Waals surface area contributed by atoms with Gasteiger partial charge in [-0.2, -0.15) is 0 Å². The van der Waals surface area contributed by atoms with Crippen LogP contribution in [-0.2, 0) is 13.0 Å². The number of aliphatic imine (C=N–C) groups is 1. The number of halogens is 1. The summed E-state index contributed by atoms with van der Waals surface area (Å²) >= 11 is 0. The van der Waals surface area contributed by atoms with Gasteiger partial charge < -0.3 is 15.2 Å². The molecule has 2 heterocycles. The third-order valence-electron chi connectivity index (χ3n) is 6.10. The summed E-state index contributed by atoms with van der Waals surface area (Å²) in [6, 6.07) is 0.648. The summed E-state index contributed by atoms with van der Waals surface area (Å²) in [6.07, 6.45) is 12.5. The molecule has 1 unspecified atom stereocenters. The Kier molecular flexibility index (Phi) is 10.5. The van der Waals surface area contributed by atoms with Crippen LogP contribution in [0.4, 0.5) is 0 Å². The lowest BCUT2D eigenvalue weighted by molar-refractivity contribution is 0.188. The summed E-state index contributed by atoms with van der Waals surface area (Å²) in [5.74, 6) is 2.85. The van der Waals surface area contributed by atoms with Crippen LogP contribution in [0.1, 0.15) is 57.7 Å². The normalized spacial score (nSPS) is 21.5. The predicted octanol–water partition coefficient (Wildman–Crippen LogP) is 2.67. The first-order valence-electron chi connectivity index (χ1n) is 10.9. The highest BCUT2D eigenvalue weighted by Gasteiger charge is 2.27. The van der Waals surface area contributed by atoms with E-state index in [1.54, 1.807) is 6.33 Å². The van der Waals surface area contributed by atoms with Crippen molar-refractivity contribution in [2.24, 2.45) is 10.9 Å². The van der Waals surface area contributed by atoms with Crippen LogP contribution >= 0.6 is 24.0 Å². The van der Waals surface area contributed by atoms with Crippen molar-refractivity contribution in [3.05, 3.63) is 12.2 Å². The Hall–Kier alpha value is -0.900. The fraction of sp³-hybridized carbons (Fsp3) is 0.850. The predicted molar refractivity (Wildman–Crippen MR) is 125 cm³/mol. The molecule has 1 aliphatic heterocycles. The highest BCUT2D eigenvalue weighted by atomic mass is 127. The molecule has 28 heavy (non-hydrogen) atoms. The zero-order valence-corrected chi connectivity index (χ0v) is 19.9. The van der Waals surface area contributed by atoms with Gasteiger partial charge in [0, 0.05) is 45.7 Å². The minimum absolute atomic E-state index is 0. The molecule has 0 bridgehead atoms. The minimum atomic E-state index is 0. The molecule has 2 fully saturated rings. The van der Waals surface area contributed by atoms with Crippen LogP contribution in [0.25, 0.3) is 0 Å². The molecular formula is C20H38IN7. The van der Waals surface area contributed by atoms with Gasteiger partial charge in [0.1, 0.15) is 12.2 Å². The average Bonchev–Trinajstić information content (AvgIpc) is 3.34. The zero-order valence-electron chi connectivity index (χ0n) is 17.6. The third-order valence-corrected chi connectivity index (χ3v) is 6.10. The molecule has 0 radical (unpaired) electrons.